The average Bonchev–Trinajstić information content (AvgIpc) is 2.29. The van der Waals surface area contributed by atoms with Crippen LogP contribution in [0.5, 0.6) is 0 Å². The largest absolute Gasteiger partial charge is 0.410 e. The molecule has 2 N–H and O–H groups in total. The van der Waals surface area contributed by atoms with Gasteiger partial charge in [-0.05, 0) is 6.92 Å². The van der Waals surface area contributed by atoms with Crippen LogP contribution < -0.4 is 0 Å². The fourth-order valence-corrected chi connectivity index (χ4v) is 0.956. The van der Waals surface area contributed by atoms with E-state index in [1.807, 2.05) is 0 Å². The Morgan fingerprint density at radius 2 is 1.42 bits per heavy atom. The van der Waals surface area contributed by atoms with Crippen LogP contribution in [0.1, 0.15) is 6.92 Å². The van der Waals surface area contributed by atoms with Crippen molar-refractivity contribution in [3.05, 3.63) is 0 Å². The van der Waals surface area contributed by atoms with Gasteiger partial charge in [-0.15, -0.1) is 0 Å². The Kier molecular flexibility index (Phi) is 1.90. The Morgan fingerprint density at radius 1 is 1.08 bits per heavy atom. The van der Waals surface area contributed by atoms with E-state index in [-0.39, 0.29) is 0 Å². The Labute approximate surface area is 67.2 Å². The predicted octanol–water partition coefficient (Wildman–Crippen LogP) is -0.565. The zero-order chi connectivity index (χ0) is 9.30. The Hall–Kier alpha value is -1.72. The van der Waals surface area contributed by atoms with Crippen LogP contribution in [-0.4, -0.2) is 33.4 Å². The maximum Gasteiger partial charge on any atom is 0.197 e. The van der Waals surface area contributed by atoms with Crippen LogP contribution in [-0.2, 0) is 9.59 Å². The molecule has 1 fully saturated rings. The van der Waals surface area contributed by atoms with Crippen molar-refractivity contribution in [1.29, 1.82) is 0 Å². The molecule has 0 aromatic rings. The Bertz CT molecular complexity index is 275. The molecule has 6 nitrogen and oxygen atoms in total. The first-order valence-corrected chi connectivity index (χ1v) is 3.16. The monoisotopic (exact) mass is 170 g/mol. The zero-order valence-corrected chi connectivity index (χ0v) is 6.18. The molecule has 0 saturated heterocycles. The normalized spacial score (nSPS) is 30.6. The number of nitrogens with zero attached hydrogens (tertiary/aromatic N) is 2. The summed E-state index contributed by atoms with van der Waals surface area (Å²) in [6.45, 7) is 1.36. The third kappa shape index (κ3) is 0.884. The summed E-state index contributed by atoms with van der Waals surface area (Å²) in [6.07, 6.45) is 0. The predicted molar refractivity (Wildman–Crippen MR) is 37.6 cm³/mol. The lowest BCUT2D eigenvalue weighted by atomic mass is 10.1. The summed E-state index contributed by atoms with van der Waals surface area (Å²) in [5.41, 5.74) is -0.954. The molecule has 0 aromatic heterocycles. The van der Waals surface area contributed by atoms with Crippen molar-refractivity contribution >= 4 is 23.0 Å². The molecule has 1 aliphatic carbocycles. The van der Waals surface area contributed by atoms with Gasteiger partial charge < -0.3 is 10.4 Å². The van der Waals surface area contributed by atoms with Crippen LogP contribution in [0.3, 0.4) is 0 Å². The van der Waals surface area contributed by atoms with Gasteiger partial charge in [0.1, 0.15) is 0 Å². The van der Waals surface area contributed by atoms with E-state index in [9.17, 15) is 9.59 Å². The summed E-state index contributed by atoms with van der Waals surface area (Å²) in [5, 5.41) is 21.7. The number of hydrogen-bond donors (Lipinski definition) is 2. The Morgan fingerprint density at radius 3 is 1.67 bits per heavy atom. The van der Waals surface area contributed by atoms with Crippen molar-refractivity contribution in [2.24, 2.45) is 16.2 Å². The molecule has 1 atom stereocenters. The van der Waals surface area contributed by atoms with E-state index in [2.05, 4.69) is 10.3 Å². The number of carbonyl (C=O) groups excluding carboxylic acids is 2. The number of oxime groups is 2. The molecule has 12 heavy (non-hydrogen) atoms. The first-order chi connectivity index (χ1) is 5.63. The third-order valence-corrected chi connectivity index (χ3v) is 1.68. The summed E-state index contributed by atoms with van der Waals surface area (Å²) in [4.78, 5) is 22.0. The Balaban J connectivity index is 3.22. The van der Waals surface area contributed by atoms with Gasteiger partial charge >= 0.3 is 0 Å². The van der Waals surface area contributed by atoms with Crippen LogP contribution in [0, 0.1) is 5.92 Å². The number of rotatable bonds is 0. The second-order valence-corrected chi connectivity index (χ2v) is 2.35. The topological polar surface area (TPSA) is 99.3 Å². The summed E-state index contributed by atoms with van der Waals surface area (Å²) in [7, 11) is 0. The minimum absolute atomic E-state index is 0.477. The van der Waals surface area contributed by atoms with Crippen LogP contribution in [0.4, 0.5) is 0 Å². The molecular formula is C6H6N2O4. The van der Waals surface area contributed by atoms with Gasteiger partial charge in [0, 0.05) is 0 Å². The zero-order valence-electron chi connectivity index (χ0n) is 6.18. The van der Waals surface area contributed by atoms with Gasteiger partial charge in [0.25, 0.3) is 0 Å². The van der Waals surface area contributed by atoms with E-state index in [4.69, 9.17) is 10.4 Å². The highest BCUT2D eigenvalue weighted by Crippen LogP contribution is 2.12. The van der Waals surface area contributed by atoms with E-state index in [0.717, 1.165) is 0 Å². The summed E-state index contributed by atoms with van der Waals surface area (Å²) >= 11 is 0. The molecule has 0 heterocycles. The molecule has 64 valence electrons. The van der Waals surface area contributed by atoms with Crippen LogP contribution in [0.15, 0.2) is 10.3 Å². The van der Waals surface area contributed by atoms with Gasteiger partial charge in [0.2, 0.25) is 0 Å². The summed E-state index contributed by atoms with van der Waals surface area (Å²) in [6, 6.07) is 0. The van der Waals surface area contributed by atoms with Gasteiger partial charge in [-0.25, -0.2) is 0 Å². The third-order valence-electron chi connectivity index (χ3n) is 1.68. The van der Waals surface area contributed by atoms with E-state index < -0.39 is 28.9 Å². The fourth-order valence-electron chi connectivity index (χ4n) is 0.956. The molecule has 1 unspecified atom stereocenters. The quantitative estimate of drug-likeness (QED) is 0.289. The van der Waals surface area contributed by atoms with Gasteiger partial charge in [0.15, 0.2) is 23.0 Å². The standard InChI is InChI=1S/C6H6N2O4/c1-2-5(9)3(7-11)4(8-12)6(2)10/h2,11-12H,1H3/b7-3-,8-4+. The van der Waals surface area contributed by atoms with Crippen molar-refractivity contribution in [3.8, 4) is 0 Å². The lowest BCUT2D eigenvalue weighted by Crippen LogP contribution is -2.16. The van der Waals surface area contributed by atoms with Gasteiger partial charge in [-0.2, -0.15) is 0 Å². The number of ketones is 2. The van der Waals surface area contributed by atoms with Gasteiger partial charge in [-0.1, -0.05) is 10.3 Å². The number of Topliss-reactive ketones (excluding diaryl/α,β-unsaturated/α-hetero) is 2. The summed E-state index contributed by atoms with van der Waals surface area (Å²) in [5.74, 6) is -2.17. The second-order valence-electron chi connectivity index (χ2n) is 2.35. The minimum Gasteiger partial charge on any atom is -0.410 e. The highest BCUT2D eigenvalue weighted by Gasteiger charge is 2.42. The first kappa shape index (κ1) is 8.38. The molecule has 0 aliphatic heterocycles. The van der Waals surface area contributed by atoms with Gasteiger partial charge in [-0.3, -0.25) is 9.59 Å². The lowest BCUT2D eigenvalue weighted by Gasteiger charge is -1.89. The lowest BCUT2D eigenvalue weighted by molar-refractivity contribution is -0.123. The number of hydrogen-bond acceptors (Lipinski definition) is 6. The van der Waals surface area contributed by atoms with E-state index in [0.29, 0.717) is 0 Å². The van der Waals surface area contributed by atoms with Crippen molar-refractivity contribution in [2.75, 3.05) is 0 Å². The van der Waals surface area contributed by atoms with Crippen molar-refractivity contribution < 1.29 is 20.0 Å². The first-order valence-electron chi connectivity index (χ1n) is 3.16. The maximum absolute atomic E-state index is 11.0. The molecule has 0 spiro atoms. The van der Waals surface area contributed by atoms with Crippen molar-refractivity contribution in [3.63, 3.8) is 0 Å². The number of carbonyl (C=O) groups is 2. The molecule has 0 bridgehead atoms. The maximum atomic E-state index is 11.0. The van der Waals surface area contributed by atoms with E-state index in [1.54, 1.807) is 0 Å². The van der Waals surface area contributed by atoms with Crippen LogP contribution in [0.25, 0.3) is 0 Å². The fraction of sp³-hybridized carbons (Fsp3) is 0.333. The molecule has 0 radical (unpaired) electrons. The van der Waals surface area contributed by atoms with Crippen LogP contribution in [0.2, 0.25) is 0 Å². The molecule has 0 amide bonds. The van der Waals surface area contributed by atoms with Crippen molar-refractivity contribution in [2.45, 2.75) is 6.92 Å². The molecule has 6 heteroatoms. The highest BCUT2D eigenvalue weighted by atomic mass is 16.4. The van der Waals surface area contributed by atoms with Crippen LogP contribution >= 0.6 is 0 Å². The van der Waals surface area contributed by atoms with Gasteiger partial charge in [0.05, 0.1) is 5.92 Å². The van der Waals surface area contributed by atoms with E-state index >= 15 is 0 Å². The smallest absolute Gasteiger partial charge is 0.197 e. The molecule has 1 aliphatic rings. The highest BCUT2D eigenvalue weighted by molar-refractivity contribution is 6.88. The van der Waals surface area contributed by atoms with Crippen molar-refractivity contribution in [1.82, 2.24) is 0 Å². The molecule has 1 saturated carbocycles. The second kappa shape index (κ2) is 2.72. The minimum atomic E-state index is -0.915. The molecular weight excluding hydrogens is 164 g/mol. The molecule has 0 aromatic carbocycles. The molecule has 1 rings (SSSR count). The SMILES string of the molecule is CC1C(=O)C(=N\O)/C(=N\O)C1=O. The summed E-state index contributed by atoms with van der Waals surface area (Å²) < 4.78 is 0. The average molecular weight is 170 g/mol. The van der Waals surface area contributed by atoms with E-state index in [1.165, 1.54) is 6.92 Å².